The van der Waals surface area contributed by atoms with E-state index in [1.54, 1.807) is 7.11 Å². The van der Waals surface area contributed by atoms with E-state index in [1.807, 2.05) is 7.05 Å². The van der Waals surface area contributed by atoms with E-state index in [2.05, 4.69) is 5.32 Å². The van der Waals surface area contributed by atoms with E-state index in [4.69, 9.17) is 9.47 Å². The van der Waals surface area contributed by atoms with Gasteiger partial charge in [0.2, 0.25) is 0 Å². The van der Waals surface area contributed by atoms with Crippen LogP contribution in [-0.2, 0) is 9.47 Å². The molecule has 3 nitrogen and oxygen atoms in total. The summed E-state index contributed by atoms with van der Waals surface area (Å²) in [6.45, 7) is 2.45. The minimum atomic E-state index is 0.486. The van der Waals surface area contributed by atoms with Crippen LogP contribution in [0.4, 0.5) is 0 Å². The number of ether oxygens (including phenoxy) is 2. The maximum Gasteiger partial charge on any atom is 0.0624 e. The van der Waals surface area contributed by atoms with Gasteiger partial charge in [0.05, 0.1) is 19.8 Å². The maximum absolute atomic E-state index is 5.27. The Labute approximate surface area is 61.7 Å². The van der Waals surface area contributed by atoms with Gasteiger partial charge in [-0.3, -0.25) is 0 Å². The highest BCUT2D eigenvalue weighted by Crippen LogP contribution is 2.12. The molecule has 2 atom stereocenters. The Balaban J connectivity index is 2.27. The number of hydrogen-bond donors (Lipinski definition) is 1. The van der Waals surface area contributed by atoms with E-state index in [-0.39, 0.29) is 0 Å². The summed E-state index contributed by atoms with van der Waals surface area (Å²) in [6, 6.07) is 0.486. The van der Waals surface area contributed by atoms with Crippen molar-refractivity contribution in [1.29, 1.82) is 0 Å². The Morgan fingerprint density at radius 1 is 1.60 bits per heavy atom. The van der Waals surface area contributed by atoms with Gasteiger partial charge in [0.25, 0.3) is 0 Å². The molecule has 0 aromatic rings. The average Bonchev–Trinajstić information content (AvgIpc) is 2.36. The lowest BCUT2D eigenvalue weighted by atomic mass is 10.1. The van der Waals surface area contributed by atoms with E-state index < -0.39 is 0 Å². The van der Waals surface area contributed by atoms with E-state index >= 15 is 0 Å². The summed E-state index contributed by atoms with van der Waals surface area (Å²) in [7, 11) is 3.69. The minimum Gasteiger partial charge on any atom is -0.384 e. The second-order valence-electron chi connectivity index (χ2n) is 2.65. The lowest BCUT2D eigenvalue weighted by molar-refractivity contribution is 0.127. The van der Waals surface area contributed by atoms with Gasteiger partial charge in [-0.05, 0) is 7.05 Å². The molecule has 10 heavy (non-hydrogen) atoms. The van der Waals surface area contributed by atoms with Crippen molar-refractivity contribution in [3.05, 3.63) is 0 Å². The van der Waals surface area contributed by atoms with E-state index in [9.17, 15) is 0 Å². The molecule has 1 saturated heterocycles. The molecule has 0 spiro atoms. The van der Waals surface area contributed by atoms with Crippen LogP contribution in [0.3, 0.4) is 0 Å². The number of hydrogen-bond acceptors (Lipinski definition) is 3. The summed E-state index contributed by atoms with van der Waals surface area (Å²) in [6.07, 6.45) is 0. The maximum atomic E-state index is 5.27. The summed E-state index contributed by atoms with van der Waals surface area (Å²) in [5, 5.41) is 3.19. The molecule has 1 rings (SSSR count). The SMILES string of the molecule is CN[C@H]1COC[C@H]1COC. The molecular weight excluding hydrogens is 130 g/mol. The molecular formula is C7H15NO2. The smallest absolute Gasteiger partial charge is 0.0624 e. The van der Waals surface area contributed by atoms with Crippen LogP contribution in [-0.4, -0.2) is 40.0 Å². The Kier molecular flexibility index (Phi) is 3.12. The Morgan fingerprint density at radius 3 is 3.00 bits per heavy atom. The third kappa shape index (κ3) is 1.68. The highest BCUT2D eigenvalue weighted by molar-refractivity contribution is 4.79. The van der Waals surface area contributed by atoms with Crippen molar-refractivity contribution < 1.29 is 9.47 Å². The van der Waals surface area contributed by atoms with Crippen LogP contribution in [0.2, 0.25) is 0 Å². The van der Waals surface area contributed by atoms with Gasteiger partial charge in [-0.25, -0.2) is 0 Å². The van der Waals surface area contributed by atoms with Crippen LogP contribution in [0, 0.1) is 5.92 Å². The second kappa shape index (κ2) is 3.91. The van der Waals surface area contributed by atoms with Gasteiger partial charge in [0.15, 0.2) is 0 Å². The molecule has 1 N–H and O–H groups in total. The van der Waals surface area contributed by atoms with Crippen molar-refractivity contribution in [1.82, 2.24) is 5.32 Å². The largest absolute Gasteiger partial charge is 0.384 e. The zero-order valence-electron chi connectivity index (χ0n) is 6.59. The average molecular weight is 145 g/mol. The Hall–Kier alpha value is -0.120. The minimum absolute atomic E-state index is 0.486. The van der Waals surface area contributed by atoms with Crippen molar-refractivity contribution in [2.45, 2.75) is 6.04 Å². The molecule has 1 fully saturated rings. The summed E-state index contributed by atoms with van der Waals surface area (Å²) in [5.74, 6) is 0.537. The molecule has 0 unspecified atom stereocenters. The molecule has 0 saturated carbocycles. The first-order valence-electron chi connectivity index (χ1n) is 3.62. The second-order valence-corrected chi connectivity index (χ2v) is 2.65. The molecule has 3 heteroatoms. The molecule has 0 aliphatic carbocycles. The Bertz CT molecular complexity index is 97.6. The van der Waals surface area contributed by atoms with Gasteiger partial charge in [0, 0.05) is 19.1 Å². The van der Waals surface area contributed by atoms with E-state index in [1.165, 1.54) is 0 Å². The van der Waals surface area contributed by atoms with Gasteiger partial charge >= 0.3 is 0 Å². The molecule has 1 aliphatic rings. The third-order valence-corrected chi connectivity index (χ3v) is 1.95. The first-order chi connectivity index (χ1) is 4.88. The normalized spacial score (nSPS) is 33.0. The molecule has 0 radical (unpaired) electrons. The third-order valence-electron chi connectivity index (χ3n) is 1.95. The topological polar surface area (TPSA) is 30.5 Å². The summed E-state index contributed by atoms with van der Waals surface area (Å²) in [5.41, 5.74) is 0. The number of likely N-dealkylation sites (N-methyl/N-ethyl adjacent to an activating group) is 1. The molecule has 0 bridgehead atoms. The number of nitrogens with one attached hydrogen (secondary N) is 1. The van der Waals surface area contributed by atoms with Crippen LogP contribution in [0.25, 0.3) is 0 Å². The standard InChI is InChI=1S/C7H15NO2/c1-8-7-5-10-4-6(7)3-9-2/h6-8H,3-5H2,1-2H3/t6-,7+/m1/s1. The molecule has 0 aromatic carbocycles. The lowest BCUT2D eigenvalue weighted by Gasteiger charge is -2.14. The van der Waals surface area contributed by atoms with Crippen molar-refractivity contribution >= 4 is 0 Å². The van der Waals surface area contributed by atoms with E-state index in [0.29, 0.717) is 12.0 Å². The van der Waals surface area contributed by atoms with Gasteiger partial charge in [-0.1, -0.05) is 0 Å². The number of methoxy groups -OCH3 is 1. The van der Waals surface area contributed by atoms with Crippen molar-refractivity contribution in [3.63, 3.8) is 0 Å². The summed E-state index contributed by atoms with van der Waals surface area (Å²) < 4.78 is 10.3. The van der Waals surface area contributed by atoms with Crippen LogP contribution in [0.1, 0.15) is 0 Å². The summed E-state index contributed by atoms with van der Waals surface area (Å²) in [4.78, 5) is 0. The fourth-order valence-corrected chi connectivity index (χ4v) is 1.30. The Morgan fingerprint density at radius 2 is 2.40 bits per heavy atom. The van der Waals surface area contributed by atoms with Crippen LogP contribution in [0.5, 0.6) is 0 Å². The fraction of sp³-hybridized carbons (Fsp3) is 1.00. The highest BCUT2D eigenvalue weighted by atomic mass is 16.5. The monoisotopic (exact) mass is 145 g/mol. The van der Waals surface area contributed by atoms with Crippen LogP contribution in [0.15, 0.2) is 0 Å². The highest BCUT2D eigenvalue weighted by Gasteiger charge is 2.26. The zero-order valence-corrected chi connectivity index (χ0v) is 6.59. The zero-order chi connectivity index (χ0) is 7.40. The van der Waals surface area contributed by atoms with Crippen LogP contribution >= 0.6 is 0 Å². The fourth-order valence-electron chi connectivity index (χ4n) is 1.30. The van der Waals surface area contributed by atoms with Crippen LogP contribution < -0.4 is 5.32 Å². The van der Waals surface area contributed by atoms with Crippen molar-refractivity contribution in [3.8, 4) is 0 Å². The predicted octanol–water partition coefficient (Wildman–Crippen LogP) is -0.133. The van der Waals surface area contributed by atoms with Gasteiger partial charge in [-0.15, -0.1) is 0 Å². The molecule has 1 aliphatic heterocycles. The molecule has 60 valence electrons. The number of rotatable bonds is 3. The quantitative estimate of drug-likeness (QED) is 0.600. The van der Waals surface area contributed by atoms with Gasteiger partial charge in [0.1, 0.15) is 0 Å². The molecule has 1 heterocycles. The first kappa shape index (κ1) is 7.98. The predicted molar refractivity (Wildman–Crippen MR) is 39.0 cm³/mol. The van der Waals surface area contributed by atoms with Crippen molar-refractivity contribution in [2.75, 3.05) is 34.0 Å². The van der Waals surface area contributed by atoms with Crippen molar-refractivity contribution in [2.24, 2.45) is 5.92 Å². The lowest BCUT2D eigenvalue weighted by Crippen LogP contribution is -2.34. The van der Waals surface area contributed by atoms with Gasteiger partial charge in [-0.2, -0.15) is 0 Å². The molecule has 0 aromatic heterocycles. The molecule has 0 amide bonds. The van der Waals surface area contributed by atoms with Gasteiger partial charge < -0.3 is 14.8 Å². The first-order valence-corrected chi connectivity index (χ1v) is 3.62. The summed E-state index contributed by atoms with van der Waals surface area (Å²) >= 11 is 0. The van der Waals surface area contributed by atoms with E-state index in [0.717, 1.165) is 19.8 Å².